The van der Waals surface area contributed by atoms with Crippen molar-refractivity contribution in [2.75, 3.05) is 38.2 Å². The largest absolute Gasteiger partial charge is 0.327 e. The van der Waals surface area contributed by atoms with Gasteiger partial charge in [0.25, 0.3) is 5.91 Å². The molecule has 0 aromatic carbocycles. The fourth-order valence-electron chi connectivity index (χ4n) is 3.87. The van der Waals surface area contributed by atoms with Crippen molar-refractivity contribution in [1.82, 2.24) is 14.7 Å². The number of hydrogen-bond acceptors (Lipinski definition) is 4. The van der Waals surface area contributed by atoms with Crippen molar-refractivity contribution in [3.63, 3.8) is 0 Å². The molecule has 0 aromatic heterocycles. The van der Waals surface area contributed by atoms with Gasteiger partial charge in [-0.1, -0.05) is 0 Å². The zero-order valence-electron chi connectivity index (χ0n) is 12.3. The van der Waals surface area contributed by atoms with Crippen LogP contribution in [-0.2, 0) is 4.79 Å². The number of piperidine rings is 1. The van der Waals surface area contributed by atoms with Gasteiger partial charge in [0.05, 0.1) is 0 Å². The van der Waals surface area contributed by atoms with E-state index in [1.54, 1.807) is 11.9 Å². The molecule has 0 aliphatic carbocycles. The summed E-state index contributed by atoms with van der Waals surface area (Å²) in [7, 11) is 1.61. The summed E-state index contributed by atoms with van der Waals surface area (Å²) in [5.74, 6) is 2.48. The van der Waals surface area contributed by atoms with E-state index < -0.39 is 5.54 Å². The first kappa shape index (κ1) is 14.2. The molecule has 1 unspecified atom stereocenters. The molecule has 0 bridgehead atoms. The number of hydrogen-bond donors (Lipinski definition) is 0. The Hall–Kier alpha value is -0.750. The molecule has 0 aromatic rings. The van der Waals surface area contributed by atoms with Crippen LogP contribution in [0.25, 0.3) is 0 Å². The van der Waals surface area contributed by atoms with Crippen molar-refractivity contribution >= 4 is 23.7 Å². The number of likely N-dealkylation sites (tertiary alicyclic amines) is 1. The minimum absolute atomic E-state index is 0.00444. The minimum atomic E-state index is -0.553. The van der Waals surface area contributed by atoms with Crippen LogP contribution < -0.4 is 0 Å². The van der Waals surface area contributed by atoms with Crippen LogP contribution in [0.4, 0.5) is 4.79 Å². The maximum Gasteiger partial charge on any atom is 0.327 e. The molecule has 1 spiro atoms. The third-order valence-corrected chi connectivity index (χ3v) is 6.25. The number of amides is 3. The highest BCUT2D eigenvalue weighted by atomic mass is 32.2. The number of thioether (sulfide) groups is 1. The Morgan fingerprint density at radius 3 is 2.55 bits per heavy atom. The van der Waals surface area contributed by atoms with Gasteiger partial charge in [0.2, 0.25) is 0 Å². The van der Waals surface area contributed by atoms with Gasteiger partial charge in [-0.25, -0.2) is 4.79 Å². The zero-order chi connectivity index (χ0) is 14.3. The predicted octanol–water partition coefficient (Wildman–Crippen LogP) is 1.24. The van der Waals surface area contributed by atoms with Crippen LogP contribution in [-0.4, -0.2) is 76.4 Å². The topological polar surface area (TPSA) is 43.9 Å². The summed E-state index contributed by atoms with van der Waals surface area (Å²) < 4.78 is 0. The molecule has 6 heteroatoms. The molecule has 0 saturated carbocycles. The summed E-state index contributed by atoms with van der Waals surface area (Å²) >= 11 is 2.02. The van der Waals surface area contributed by atoms with E-state index in [2.05, 4.69) is 4.90 Å². The Morgan fingerprint density at radius 1 is 1.30 bits per heavy atom. The first-order chi connectivity index (χ1) is 9.60. The molecule has 0 radical (unpaired) electrons. The third-order valence-electron chi connectivity index (χ3n) is 5.10. The second-order valence-electron chi connectivity index (χ2n) is 5.98. The summed E-state index contributed by atoms with van der Waals surface area (Å²) in [4.78, 5) is 30.3. The van der Waals surface area contributed by atoms with E-state index in [0.717, 1.165) is 25.9 Å². The highest BCUT2D eigenvalue weighted by molar-refractivity contribution is 7.99. The lowest BCUT2D eigenvalue weighted by Crippen LogP contribution is -2.57. The summed E-state index contributed by atoms with van der Waals surface area (Å²) in [6.07, 6.45) is 2.84. The van der Waals surface area contributed by atoms with E-state index >= 15 is 0 Å². The number of urea groups is 1. The third kappa shape index (κ3) is 1.96. The molecule has 20 heavy (non-hydrogen) atoms. The lowest BCUT2D eigenvalue weighted by molar-refractivity contribution is -0.135. The summed E-state index contributed by atoms with van der Waals surface area (Å²) in [6, 6.07) is 0.555. The fourth-order valence-corrected chi connectivity index (χ4v) is 5.12. The van der Waals surface area contributed by atoms with E-state index in [-0.39, 0.29) is 11.9 Å². The molecule has 112 valence electrons. The molecular weight excluding hydrogens is 274 g/mol. The van der Waals surface area contributed by atoms with Crippen LogP contribution in [0, 0.1) is 0 Å². The Kier molecular flexibility index (Phi) is 3.71. The maximum absolute atomic E-state index is 12.5. The normalized spacial score (nSPS) is 30.8. The molecule has 3 aliphatic heterocycles. The predicted molar refractivity (Wildman–Crippen MR) is 79.8 cm³/mol. The van der Waals surface area contributed by atoms with Crippen LogP contribution in [0.3, 0.4) is 0 Å². The van der Waals surface area contributed by atoms with E-state index in [4.69, 9.17) is 0 Å². The first-order valence-corrected chi connectivity index (χ1v) is 8.67. The summed E-state index contributed by atoms with van der Waals surface area (Å²) in [6.45, 7) is 4.46. The van der Waals surface area contributed by atoms with Gasteiger partial charge in [0, 0.05) is 38.5 Å². The molecule has 3 rings (SSSR count). The molecule has 3 aliphatic rings. The first-order valence-electron chi connectivity index (χ1n) is 7.51. The fraction of sp³-hybridized carbons (Fsp3) is 0.857. The van der Waals surface area contributed by atoms with E-state index in [9.17, 15) is 9.59 Å². The van der Waals surface area contributed by atoms with Crippen molar-refractivity contribution in [2.24, 2.45) is 0 Å². The number of rotatable bonds is 2. The van der Waals surface area contributed by atoms with Gasteiger partial charge in [0.15, 0.2) is 0 Å². The minimum Gasteiger partial charge on any atom is -0.310 e. The maximum atomic E-state index is 12.5. The van der Waals surface area contributed by atoms with Gasteiger partial charge in [0.1, 0.15) is 5.54 Å². The molecule has 3 heterocycles. The smallest absolute Gasteiger partial charge is 0.310 e. The number of carbonyl (C=O) groups is 2. The van der Waals surface area contributed by atoms with E-state index in [0.29, 0.717) is 12.6 Å². The Balaban J connectivity index is 1.74. The van der Waals surface area contributed by atoms with E-state index in [1.165, 1.54) is 22.8 Å². The quantitative estimate of drug-likeness (QED) is 0.719. The Bertz CT molecular complexity index is 415. The lowest BCUT2D eigenvalue weighted by atomic mass is 9.85. The van der Waals surface area contributed by atoms with Crippen molar-refractivity contribution in [2.45, 2.75) is 37.8 Å². The molecule has 1 atom stereocenters. The average molecular weight is 297 g/mol. The van der Waals surface area contributed by atoms with Gasteiger partial charge >= 0.3 is 6.03 Å². The van der Waals surface area contributed by atoms with Crippen LogP contribution in [0.5, 0.6) is 0 Å². The van der Waals surface area contributed by atoms with Crippen molar-refractivity contribution in [1.29, 1.82) is 0 Å². The van der Waals surface area contributed by atoms with Gasteiger partial charge in [-0.15, -0.1) is 0 Å². The highest BCUT2D eigenvalue weighted by Crippen LogP contribution is 2.38. The Morgan fingerprint density at radius 2 is 2.00 bits per heavy atom. The standard InChI is InChI=1S/C14H23N3O2S/c1-3-17-13(19)15(2)12(18)14(17)5-7-16(8-6-14)11-4-9-20-10-11/h11H,3-10H2,1-2H3. The van der Waals surface area contributed by atoms with E-state index in [1.807, 2.05) is 18.7 Å². The summed E-state index contributed by atoms with van der Waals surface area (Å²) in [5, 5.41) is 0. The van der Waals surface area contributed by atoms with Gasteiger partial charge in [-0.05, 0) is 31.9 Å². The molecule has 3 saturated heterocycles. The Labute approximate surface area is 124 Å². The number of nitrogens with zero attached hydrogens (tertiary/aromatic N) is 3. The molecule has 3 fully saturated rings. The average Bonchev–Trinajstić information content (AvgIpc) is 3.05. The van der Waals surface area contributed by atoms with Crippen LogP contribution in [0.2, 0.25) is 0 Å². The van der Waals surface area contributed by atoms with Crippen molar-refractivity contribution in [3.05, 3.63) is 0 Å². The van der Waals surface area contributed by atoms with Crippen LogP contribution in [0.1, 0.15) is 26.2 Å². The van der Waals surface area contributed by atoms with Gasteiger partial charge in [-0.2, -0.15) is 11.8 Å². The molecule has 0 N–H and O–H groups in total. The number of imide groups is 1. The number of likely N-dealkylation sites (N-methyl/N-ethyl adjacent to an activating group) is 2. The van der Waals surface area contributed by atoms with Crippen molar-refractivity contribution in [3.8, 4) is 0 Å². The van der Waals surface area contributed by atoms with Crippen LogP contribution in [0.15, 0.2) is 0 Å². The van der Waals surface area contributed by atoms with Crippen molar-refractivity contribution < 1.29 is 9.59 Å². The van der Waals surface area contributed by atoms with Gasteiger partial charge < -0.3 is 4.90 Å². The van der Waals surface area contributed by atoms with Gasteiger partial charge in [-0.3, -0.25) is 14.6 Å². The zero-order valence-corrected chi connectivity index (χ0v) is 13.1. The molecule has 3 amide bonds. The SMILES string of the molecule is CCN1C(=O)N(C)C(=O)C12CCN(C1CCSC1)CC2. The van der Waals surface area contributed by atoms with Crippen LogP contribution >= 0.6 is 11.8 Å². The lowest BCUT2D eigenvalue weighted by Gasteiger charge is -2.43. The molecular formula is C14H23N3O2S. The highest BCUT2D eigenvalue weighted by Gasteiger charge is 2.56. The second-order valence-corrected chi connectivity index (χ2v) is 7.13. The monoisotopic (exact) mass is 297 g/mol. The number of carbonyl (C=O) groups excluding carboxylic acids is 2. The summed E-state index contributed by atoms with van der Waals surface area (Å²) in [5.41, 5.74) is -0.553. The molecule has 5 nitrogen and oxygen atoms in total. The second kappa shape index (κ2) is 5.22.